The molecule has 5 N–H and O–H groups in total. The summed E-state index contributed by atoms with van der Waals surface area (Å²) >= 11 is 0. The van der Waals surface area contributed by atoms with Gasteiger partial charge in [0.15, 0.2) is 0 Å². The molecule has 0 aromatic carbocycles. The summed E-state index contributed by atoms with van der Waals surface area (Å²) in [4.78, 5) is 21.4. The summed E-state index contributed by atoms with van der Waals surface area (Å²) in [6, 6.07) is -0.595. The van der Waals surface area contributed by atoms with Gasteiger partial charge in [0, 0.05) is 13.7 Å². The summed E-state index contributed by atoms with van der Waals surface area (Å²) < 4.78 is 4.70. The minimum Gasteiger partial charge on any atom is -0.383 e. The standard InChI is InChI=1S/C6H14N4O3/c1-13-3-2-8-5(11)4-9-6(12)10-7/h2-4,7H2,1H3,(H,8,11)(H2,9,10,12). The molecule has 0 atom stereocenters. The Bertz CT molecular complexity index is 173. The van der Waals surface area contributed by atoms with Crippen molar-refractivity contribution in [1.82, 2.24) is 16.1 Å². The predicted octanol–water partition coefficient (Wildman–Crippen LogP) is -2.08. The number of amides is 3. The maximum atomic E-state index is 10.9. The van der Waals surface area contributed by atoms with E-state index in [2.05, 4.69) is 10.6 Å². The Morgan fingerprint density at radius 2 is 2.08 bits per heavy atom. The Morgan fingerprint density at radius 1 is 1.38 bits per heavy atom. The number of rotatable bonds is 5. The van der Waals surface area contributed by atoms with Crippen LogP contribution in [0.2, 0.25) is 0 Å². The van der Waals surface area contributed by atoms with Crippen LogP contribution in [0.15, 0.2) is 0 Å². The van der Waals surface area contributed by atoms with Crippen molar-refractivity contribution < 1.29 is 14.3 Å². The fourth-order valence-electron chi connectivity index (χ4n) is 0.567. The second-order valence-electron chi connectivity index (χ2n) is 2.17. The van der Waals surface area contributed by atoms with Gasteiger partial charge in [-0.1, -0.05) is 0 Å². The van der Waals surface area contributed by atoms with Crippen molar-refractivity contribution in [3.8, 4) is 0 Å². The van der Waals surface area contributed by atoms with E-state index in [1.54, 1.807) is 0 Å². The molecular weight excluding hydrogens is 176 g/mol. The number of carbonyl (C=O) groups is 2. The van der Waals surface area contributed by atoms with Crippen LogP contribution in [0.4, 0.5) is 4.79 Å². The normalized spacial score (nSPS) is 9.08. The van der Waals surface area contributed by atoms with Gasteiger partial charge < -0.3 is 15.4 Å². The highest BCUT2D eigenvalue weighted by Crippen LogP contribution is 1.67. The SMILES string of the molecule is COCCNC(=O)CNC(=O)NN. The van der Waals surface area contributed by atoms with E-state index in [0.717, 1.165) is 0 Å². The first-order chi connectivity index (χ1) is 6.20. The molecule has 7 nitrogen and oxygen atoms in total. The molecule has 0 rings (SSSR count). The third-order valence-electron chi connectivity index (χ3n) is 1.17. The van der Waals surface area contributed by atoms with E-state index in [0.29, 0.717) is 13.2 Å². The molecule has 0 saturated heterocycles. The molecule has 0 aliphatic rings. The highest BCUT2D eigenvalue weighted by molar-refractivity contribution is 5.83. The number of methoxy groups -OCH3 is 1. The molecule has 0 aliphatic heterocycles. The molecule has 13 heavy (non-hydrogen) atoms. The molecule has 76 valence electrons. The van der Waals surface area contributed by atoms with Gasteiger partial charge in [-0.3, -0.25) is 10.2 Å². The minimum absolute atomic E-state index is 0.104. The maximum Gasteiger partial charge on any atom is 0.329 e. The molecule has 0 bridgehead atoms. The molecule has 0 fully saturated rings. The Morgan fingerprint density at radius 3 is 2.62 bits per heavy atom. The highest BCUT2D eigenvalue weighted by Gasteiger charge is 2.01. The third-order valence-corrected chi connectivity index (χ3v) is 1.17. The van der Waals surface area contributed by atoms with E-state index in [9.17, 15) is 9.59 Å². The van der Waals surface area contributed by atoms with Gasteiger partial charge >= 0.3 is 6.03 Å². The Labute approximate surface area is 76.0 Å². The molecule has 7 heteroatoms. The Kier molecular flexibility index (Phi) is 6.56. The van der Waals surface area contributed by atoms with Crippen LogP contribution in [0.1, 0.15) is 0 Å². The Hall–Kier alpha value is -1.34. The number of nitrogens with two attached hydrogens (primary N) is 1. The summed E-state index contributed by atoms with van der Waals surface area (Å²) in [5.74, 6) is 4.48. The van der Waals surface area contributed by atoms with Crippen LogP contribution in [0.5, 0.6) is 0 Å². The smallest absolute Gasteiger partial charge is 0.329 e. The van der Waals surface area contributed by atoms with Gasteiger partial charge in [0.2, 0.25) is 5.91 Å². The minimum atomic E-state index is -0.595. The van der Waals surface area contributed by atoms with E-state index in [1.807, 2.05) is 5.43 Å². The molecule has 0 spiro atoms. The van der Waals surface area contributed by atoms with Crippen molar-refractivity contribution in [2.75, 3.05) is 26.8 Å². The van der Waals surface area contributed by atoms with Gasteiger partial charge in [-0.2, -0.15) is 0 Å². The lowest BCUT2D eigenvalue weighted by molar-refractivity contribution is -0.120. The van der Waals surface area contributed by atoms with Crippen LogP contribution < -0.4 is 21.9 Å². The molecule has 3 amide bonds. The largest absolute Gasteiger partial charge is 0.383 e. The maximum absolute atomic E-state index is 10.9. The van der Waals surface area contributed by atoms with Crippen LogP contribution in [-0.4, -0.2) is 38.7 Å². The number of nitrogens with one attached hydrogen (secondary N) is 3. The lowest BCUT2D eigenvalue weighted by Crippen LogP contribution is -2.44. The van der Waals surface area contributed by atoms with E-state index in [4.69, 9.17) is 10.6 Å². The lowest BCUT2D eigenvalue weighted by Gasteiger charge is -2.05. The zero-order valence-electron chi connectivity index (χ0n) is 7.42. The monoisotopic (exact) mass is 190 g/mol. The molecule has 0 aliphatic carbocycles. The zero-order chi connectivity index (χ0) is 10.1. The van der Waals surface area contributed by atoms with Gasteiger partial charge in [-0.05, 0) is 0 Å². The van der Waals surface area contributed by atoms with Gasteiger partial charge in [-0.25, -0.2) is 10.6 Å². The van der Waals surface area contributed by atoms with Gasteiger partial charge in [0.25, 0.3) is 0 Å². The average Bonchev–Trinajstić information content (AvgIpc) is 2.14. The zero-order valence-corrected chi connectivity index (χ0v) is 7.42. The summed E-state index contributed by atoms with van der Waals surface area (Å²) in [7, 11) is 1.53. The number of hydrogen-bond acceptors (Lipinski definition) is 4. The molecule has 0 saturated carbocycles. The first-order valence-electron chi connectivity index (χ1n) is 3.70. The summed E-state index contributed by atoms with van der Waals surface area (Å²) in [6.07, 6.45) is 0. The van der Waals surface area contributed by atoms with Crippen LogP contribution in [0, 0.1) is 0 Å². The Balaban J connectivity index is 3.35. The lowest BCUT2D eigenvalue weighted by atomic mass is 10.5. The molecule has 0 unspecified atom stereocenters. The van der Waals surface area contributed by atoms with E-state index < -0.39 is 6.03 Å². The third kappa shape index (κ3) is 7.04. The summed E-state index contributed by atoms with van der Waals surface area (Å²) in [5, 5.41) is 4.75. The van der Waals surface area contributed by atoms with Gasteiger partial charge in [-0.15, -0.1) is 0 Å². The topological polar surface area (TPSA) is 105 Å². The molecular formula is C6H14N4O3. The highest BCUT2D eigenvalue weighted by atomic mass is 16.5. The van der Waals surface area contributed by atoms with Crippen LogP contribution >= 0.6 is 0 Å². The first-order valence-corrected chi connectivity index (χ1v) is 3.70. The fourth-order valence-corrected chi connectivity index (χ4v) is 0.567. The van der Waals surface area contributed by atoms with Crippen molar-refractivity contribution in [3.05, 3.63) is 0 Å². The van der Waals surface area contributed by atoms with Gasteiger partial charge in [0.1, 0.15) is 0 Å². The van der Waals surface area contributed by atoms with Crippen molar-refractivity contribution in [3.63, 3.8) is 0 Å². The van der Waals surface area contributed by atoms with Crippen molar-refractivity contribution >= 4 is 11.9 Å². The summed E-state index contributed by atoms with van der Waals surface area (Å²) in [5.41, 5.74) is 1.83. The van der Waals surface area contributed by atoms with Crippen molar-refractivity contribution in [1.29, 1.82) is 0 Å². The van der Waals surface area contributed by atoms with Crippen LogP contribution in [0.25, 0.3) is 0 Å². The van der Waals surface area contributed by atoms with E-state index in [-0.39, 0.29) is 12.5 Å². The van der Waals surface area contributed by atoms with Crippen molar-refractivity contribution in [2.24, 2.45) is 5.84 Å². The van der Waals surface area contributed by atoms with Crippen LogP contribution in [0.3, 0.4) is 0 Å². The number of urea groups is 1. The fraction of sp³-hybridized carbons (Fsp3) is 0.667. The van der Waals surface area contributed by atoms with E-state index in [1.165, 1.54) is 7.11 Å². The predicted molar refractivity (Wildman–Crippen MR) is 45.6 cm³/mol. The molecule has 0 heterocycles. The van der Waals surface area contributed by atoms with Crippen molar-refractivity contribution in [2.45, 2.75) is 0 Å². The molecule has 0 aromatic rings. The second-order valence-corrected chi connectivity index (χ2v) is 2.17. The first kappa shape index (κ1) is 11.7. The van der Waals surface area contributed by atoms with Crippen LogP contribution in [-0.2, 0) is 9.53 Å². The quantitative estimate of drug-likeness (QED) is 0.173. The van der Waals surface area contributed by atoms with Gasteiger partial charge in [0.05, 0.1) is 13.2 Å². The number of hydrogen-bond donors (Lipinski definition) is 4. The summed E-state index contributed by atoms with van der Waals surface area (Å²) in [6.45, 7) is 0.753. The number of hydrazine groups is 1. The molecule has 0 aromatic heterocycles. The van der Waals surface area contributed by atoms with E-state index >= 15 is 0 Å². The number of ether oxygens (including phenoxy) is 1. The molecule has 0 radical (unpaired) electrons. The average molecular weight is 190 g/mol. The number of carbonyl (C=O) groups excluding carboxylic acids is 2. The second kappa shape index (κ2) is 7.32.